The van der Waals surface area contributed by atoms with Crippen molar-refractivity contribution in [3.05, 3.63) is 35.4 Å². The number of carbonyl (C=O) groups is 2. The van der Waals surface area contributed by atoms with E-state index < -0.39 is 5.91 Å². The molecule has 0 heterocycles. The first-order chi connectivity index (χ1) is 9.63. The first kappa shape index (κ1) is 15.5. The Morgan fingerprint density at radius 2 is 1.95 bits per heavy atom. The Hall–Kier alpha value is -2.52. The number of benzene rings is 1. The van der Waals surface area contributed by atoms with Crippen LogP contribution in [0.25, 0.3) is 0 Å². The van der Waals surface area contributed by atoms with Crippen LogP contribution in [-0.4, -0.2) is 38.7 Å². The van der Waals surface area contributed by atoms with Crippen LogP contribution < -0.4 is 16.4 Å². The Balaban J connectivity index is 2.35. The molecule has 0 fully saturated rings. The molecule has 20 heavy (non-hydrogen) atoms. The third-order valence-electron chi connectivity index (χ3n) is 2.33. The van der Waals surface area contributed by atoms with Crippen LogP contribution in [0.5, 0.6) is 0 Å². The Bertz CT molecular complexity index is 515. The molecule has 6 heteroatoms. The molecule has 0 radical (unpaired) electrons. The van der Waals surface area contributed by atoms with Crippen molar-refractivity contribution in [2.45, 2.75) is 0 Å². The number of urea groups is 1. The van der Waals surface area contributed by atoms with Gasteiger partial charge in [-0.2, -0.15) is 0 Å². The van der Waals surface area contributed by atoms with E-state index in [2.05, 4.69) is 22.5 Å². The predicted molar refractivity (Wildman–Crippen MR) is 75.1 cm³/mol. The van der Waals surface area contributed by atoms with E-state index in [-0.39, 0.29) is 12.6 Å². The molecule has 0 aliphatic rings. The summed E-state index contributed by atoms with van der Waals surface area (Å²) in [7, 11) is 1.56. The van der Waals surface area contributed by atoms with E-state index >= 15 is 0 Å². The molecule has 0 unspecified atom stereocenters. The smallest absolute Gasteiger partial charge is 0.315 e. The molecule has 0 atom stereocenters. The first-order valence-electron chi connectivity index (χ1n) is 6.03. The summed E-state index contributed by atoms with van der Waals surface area (Å²) < 4.78 is 4.80. The summed E-state index contributed by atoms with van der Waals surface area (Å²) in [5, 5.41) is 5.20. The summed E-state index contributed by atoms with van der Waals surface area (Å²) in [5.74, 6) is 5.19. The summed E-state index contributed by atoms with van der Waals surface area (Å²) >= 11 is 0. The number of nitrogens with one attached hydrogen (secondary N) is 2. The zero-order chi connectivity index (χ0) is 14.8. The molecule has 1 rings (SSSR count). The molecule has 0 bridgehead atoms. The zero-order valence-corrected chi connectivity index (χ0v) is 11.2. The molecule has 0 spiro atoms. The molecule has 1 aromatic rings. The summed E-state index contributed by atoms with van der Waals surface area (Å²) in [5.41, 5.74) is 6.31. The number of amides is 3. The average Bonchev–Trinajstić information content (AvgIpc) is 2.44. The van der Waals surface area contributed by atoms with E-state index in [1.54, 1.807) is 31.4 Å². The number of rotatable bonds is 5. The van der Waals surface area contributed by atoms with Gasteiger partial charge in [-0.15, -0.1) is 0 Å². The minimum Gasteiger partial charge on any atom is -0.383 e. The van der Waals surface area contributed by atoms with Crippen molar-refractivity contribution in [3.63, 3.8) is 0 Å². The van der Waals surface area contributed by atoms with Crippen LogP contribution in [0, 0.1) is 11.8 Å². The number of primary amides is 1. The van der Waals surface area contributed by atoms with Crippen LogP contribution in [0.1, 0.15) is 15.9 Å². The van der Waals surface area contributed by atoms with Gasteiger partial charge in [-0.3, -0.25) is 4.79 Å². The second-order valence-corrected chi connectivity index (χ2v) is 3.85. The monoisotopic (exact) mass is 275 g/mol. The lowest BCUT2D eigenvalue weighted by atomic mass is 10.1. The van der Waals surface area contributed by atoms with Gasteiger partial charge in [0, 0.05) is 24.8 Å². The highest BCUT2D eigenvalue weighted by Crippen LogP contribution is 2.01. The summed E-state index contributed by atoms with van der Waals surface area (Å²) in [6, 6.07) is 6.33. The van der Waals surface area contributed by atoms with Crippen molar-refractivity contribution in [2.75, 3.05) is 26.8 Å². The lowest BCUT2D eigenvalue weighted by Gasteiger charge is -2.03. The van der Waals surface area contributed by atoms with Gasteiger partial charge in [-0.25, -0.2) is 4.79 Å². The summed E-state index contributed by atoms with van der Waals surface area (Å²) in [6.45, 7) is 1.14. The van der Waals surface area contributed by atoms with E-state index in [0.717, 1.165) is 5.56 Å². The SMILES string of the molecule is COCCNC(=O)NCC#Cc1ccc(C(N)=O)cc1. The van der Waals surface area contributed by atoms with Gasteiger partial charge in [0.05, 0.1) is 13.2 Å². The summed E-state index contributed by atoms with van der Waals surface area (Å²) in [6.07, 6.45) is 0. The van der Waals surface area contributed by atoms with Crippen molar-refractivity contribution >= 4 is 11.9 Å². The van der Waals surface area contributed by atoms with Gasteiger partial charge in [0.15, 0.2) is 0 Å². The first-order valence-corrected chi connectivity index (χ1v) is 6.03. The van der Waals surface area contributed by atoms with E-state index in [0.29, 0.717) is 18.7 Å². The van der Waals surface area contributed by atoms with Gasteiger partial charge >= 0.3 is 6.03 Å². The minimum absolute atomic E-state index is 0.233. The van der Waals surface area contributed by atoms with Gasteiger partial charge in [-0.05, 0) is 24.3 Å². The van der Waals surface area contributed by atoms with E-state index in [9.17, 15) is 9.59 Å². The van der Waals surface area contributed by atoms with Gasteiger partial charge in [0.2, 0.25) is 5.91 Å². The molecule has 6 nitrogen and oxygen atoms in total. The molecule has 1 aromatic carbocycles. The fourth-order valence-corrected chi connectivity index (χ4v) is 1.32. The summed E-state index contributed by atoms with van der Waals surface area (Å²) in [4.78, 5) is 22.1. The highest BCUT2D eigenvalue weighted by Gasteiger charge is 1.98. The Labute approximate surface area is 117 Å². The van der Waals surface area contributed by atoms with Crippen molar-refractivity contribution in [2.24, 2.45) is 5.73 Å². The van der Waals surface area contributed by atoms with Gasteiger partial charge in [0.25, 0.3) is 0 Å². The van der Waals surface area contributed by atoms with E-state index in [4.69, 9.17) is 10.5 Å². The quantitative estimate of drug-likeness (QED) is 0.525. The van der Waals surface area contributed by atoms with Crippen molar-refractivity contribution in [1.29, 1.82) is 0 Å². The number of hydrogen-bond acceptors (Lipinski definition) is 3. The highest BCUT2D eigenvalue weighted by molar-refractivity contribution is 5.92. The number of carbonyl (C=O) groups excluding carboxylic acids is 2. The Morgan fingerprint density at radius 3 is 2.55 bits per heavy atom. The molecule has 3 amide bonds. The topological polar surface area (TPSA) is 93.4 Å². The third kappa shape index (κ3) is 5.89. The van der Waals surface area contributed by atoms with Crippen molar-refractivity contribution in [1.82, 2.24) is 10.6 Å². The van der Waals surface area contributed by atoms with E-state index in [1.165, 1.54) is 0 Å². The number of ether oxygens (including phenoxy) is 1. The molecule has 0 aliphatic heterocycles. The average molecular weight is 275 g/mol. The lowest BCUT2D eigenvalue weighted by Crippen LogP contribution is -2.37. The van der Waals surface area contributed by atoms with Crippen LogP contribution in [0.2, 0.25) is 0 Å². The largest absolute Gasteiger partial charge is 0.383 e. The van der Waals surface area contributed by atoms with Crippen molar-refractivity contribution < 1.29 is 14.3 Å². The molecule has 0 aliphatic carbocycles. The Morgan fingerprint density at radius 1 is 1.25 bits per heavy atom. The van der Waals surface area contributed by atoms with Crippen LogP contribution in [0.4, 0.5) is 4.79 Å². The number of nitrogens with two attached hydrogens (primary N) is 1. The second kappa shape index (κ2) is 8.56. The molecule has 106 valence electrons. The van der Waals surface area contributed by atoms with Crippen LogP contribution in [-0.2, 0) is 4.74 Å². The van der Waals surface area contributed by atoms with Crippen LogP contribution in [0.15, 0.2) is 24.3 Å². The minimum atomic E-state index is -0.473. The standard InChI is InChI=1S/C14H17N3O3/c1-20-10-9-17-14(19)16-8-2-3-11-4-6-12(7-5-11)13(15)18/h4-7H,8-10H2,1H3,(H2,15,18)(H2,16,17,19). The molecular formula is C14H17N3O3. The molecule has 4 N–H and O–H groups in total. The van der Waals surface area contributed by atoms with Crippen LogP contribution >= 0.6 is 0 Å². The second-order valence-electron chi connectivity index (χ2n) is 3.85. The van der Waals surface area contributed by atoms with Gasteiger partial charge in [-0.1, -0.05) is 11.8 Å². The third-order valence-corrected chi connectivity index (χ3v) is 2.33. The maximum Gasteiger partial charge on any atom is 0.315 e. The predicted octanol–water partition coefficient (Wildman–Crippen LogP) is 0.0826. The maximum atomic E-state index is 11.3. The maximum absolute atomic E-state index is 11.3. The van der Waals surface area contributed by atoms with Crippen LogP contribution in [0.3, 0.4) is 0 Å². The number of methoxy groups -OCH3 is 1. The fraction of sp³-hybridized carbons (Fsp3) is 0.286. The number of hydrogen-bond donors (Lipinski definition) is 3. The molecule has 0 saturated heterocycles. The lowest BCUT2D eigenvalue weighted by molar-refractivity contribution is 0.100. The van der Waals surface area contributed by atoms with Gasteiger partial charge in [0.1, 0.15) is 0 Å². The fourth-order valence-electron chi connectivity index (χ4n) is 1.32. The molecular weight excluding hydrogens is 258 g/mol. The normalized spacial score (nSPS) is 9.25. The Kier molecular flexibility index (Phi) is 6.65. The van der Waals surface area contributed by atoms with Crippen molar-refractivity contribution in [3.8, 4) is 11.8 Å². The highest BCUT2D eigenvalue weighted by atomic mass is 16.5. The van der Waals surface area contributed by atoms with Gasteiger partial charge < -0.3 is 21.1 Å². The zero-order valence-electron chi connectivity index (χ0n) is 11.2. The molecule has 0 saturated carbocycles. The molecule has 0 aromatic heterocycles. The van der Waals surface area contributed by atoms with E-state index in [1.807, 2.05) is 0 Å².